The van der Waals surface area contributed by atoms with E-state index in [1.807, 2.05) is 14.0 Å². The standard InChI is InChI=1S/C10H19NO/c1-3-10(12)8-11(2)7-9-5-4-6-9/h9H,3-8H2,1-2H3. The summed E-state index contributed by atoms with van der Waals surface area (Å²) in [6.07, 6.45) is 4.80. The molecule has 0 bridgehead atoms. The van der Waals surface area contributed by atoms with E-state index in [-0.39, 0.29) is 0 Å². The lowest BCUT2D eigenvalue weighted by Crippen LogP contribution is -2.33. The molecule has 1 aliphatic carbocycles. The highest BCUT2D eigenvalue weighted by Crippen LogP contribution is 2.26. The molecule has 0 atom stereocenters. The van der Waals surface area contributed by atoms with Crippen LogP contribution in [0, 0.1) is 5.92 Å². The molecule has 0 unspecified atom stereocenters. The summed E-state index contributed by atoms with van der Waals surface area (Å²) in [7, 11) is 2.05. The summed E-state index contributed by atoms with van der Waals surface area (Å²) >= 11 is 0. The molecule has 0 aliphatic heterocycles. The largest absolute Gasteiger partial charge is 0.299 e. The third-order valence-corrected chi connectivity index (χ3v) is 2.64. The molecular formula is C10H19NO. The molecule has 1 saturated carbocycles. The Morgan fingerprint density at radius 3 is 2.58 bits per heavy atom. The van der Waals surface area contributed by atoms with Crippen molar-refractivity contribution in [2.24, 2.45) is 5.92 Å². The van der Waals surface area contributed by atoms with Crippen LogP contribution in [0.4, 0.5) is 0 Å². The molecule has 0 radical (unpaired) electrons. The van der Waals surface area contributed by atoms with Gasteiger partial charge in [-0.15, -0.1) is 0 Å². The van der Waals surface area contributed by atoms with E-state index in [1.54, 1.807) is 0 Å². The zero-order valence-electron chi connectivity index (χ0n) is 8.18. The normalized spacial score (nSPS) is 17.9. The van der Waals surface area contributed by atoms with E-state index in [2.05, 4.69) is 4.90 Å². The third kappa shape index (κ3) is 2.94. The Kier molecular flexibility index (Phi) is 3.73. The van der Waals surface area contributed by atoms with Gasteiger partial charge in [-0.3, -0.25) is 9.69 Å². The predicted octanol–water partition coefficient (Wildman–Crippen LogP) is 1.70. The van der Waals surface area contributed by atoms with Crippen LogP contribution in [0.25, 0.3) is 0 Å². The van der Waals surface area contributed by atoms with E-state index in [0.29, 0.717) is 18.7 Å². The second-order valence-electron chi connectivity index (χ2n) is 3.89. The van der Waals surface area contributed by atoms with Crippen LogP contribution < -0.4 is 0 Å². The Bertz CT molecular complexity index is 152. The van der Waals surface area contributed by atoms with Crippen molar-refractivity contribution in [2.45, 2.75) is 32.6 Å². The third-order valence-electron chi connectivity index (χ3n) is 2.64. The monoisotopic (exact) mass is 169 g/mol. The summed E-state index contributed by atoms with van der Waals surface area (Å²) in [5.41, 5.74) is 0. The number of rotatable bonds is 5. The highest BCUT2D eigenvalue weighted by atomic mass is 16.1. The van der Waals surface area contributed by atoms with Gasteiger partial charge in [0, 0.05) is 13.0 Å². The van der Waals surface area contributed by atoms with Crippen LogP contribution in [0.3, 0.4) is 0 Å². The minimum atomic E-state index is 0.358. The van der Waals surface area contributed by atoms with Gasteiger partial charge in [0.15, 0.2) is 0 Å². The molecular weight excluding hydrogens is 150 g/mol. The zero-order valence-corrected chi connectivity index (χ0v) is 8.18. The molecule has 0 amide bonds. The van der Waals surface area contributed by atoms with Gasteiger partial charge in [-0.25, -0.2) is 0 Å². The summed E-state index contributed by atoms with van der Waals surface area (Å²) in [6.45, 7) is 3.69. The maximum absolute atomic E-state index is 11.1. The first-order valence-corrected chi connectivity index (χ1v) is 4.92. The number of ketones is 1. The van der Waals surface area contributed by atoms with E-state index < -0.39 is 0 Å². The van der Waals surface area contributed by atoms with Crippen LogP contribution in [0.5, 0.6) is 0 Å². The van der Waals surface area contributed by atoms with Crippen molar-refractivity contribution in [3.8, 4) is 0 Å². The lowest BCUT2D eigenvalue weighted by Gasteiger charge is -2.29. The fraction of sp³-hybridized carbons (Fsp3) is 0.900. The smallest absolute Gasteiger partial charge is 0.146 e. The first kappa shape index (κ1) is 9.72. The highest BCUT2D eigenvalue weighted by molar-refractivity contribution is 5.80. The van der Waals surface area contributed by atoms with Crippen molar-refractivity contribution in [3.63, 3.8) is 0 Å². The van der Waals surface area contributed by atoms with Crippen LogP contribution in [-0.4, -0.2) is 30.8 Å². The Balaban J connectivity index is 2.10. The number of hydrogen-bond donors (Lipinski definition) is 0. The number of nitrogens with zero attached hydrogens (tertiary/aromatic N) is 1. The summed E-state index contributed by atoms with van der Waals surface area (Å²) in [5, 5.41) is 0. The van der Waals surface area contributed by atoms with Gasteiger partial charge in [0.05, 0.1) is 6.54 Å². The van der Waals surface area contributed by atoms with Crippen LogP contribution in [0.2, 0.25) is 0 Å². The van der Waals surface area contributed by atoms with Crippen LogP contribution in [0.15, 0.2) is 0 Å². The first-order valence-electron chi connectivity index (χ1n) is 4.92. The van der Waals surface area contributed by atoms with Gasteiger partial charge in [0.2, 0.25) is 0 Å². The van der Waals surface area contributed by atoms with Crippen LogP contribution in [0.1, 0.15) is 32.6 Å². The minimum absolute atomic E-state index is 0.358. The van der Waals surface area contributed by atoms with Gasteiger partial charge in [0.1, 0.15) is 5.78 Å². The van der Waals surface area contributed by atoms with E-state index in [4.69, 9.17) is 0 Å². The summed E-state index contributed by atoms with van der Waals surface area (Å²) in [4.78, 5) is 13.2. The summed E-state index contributed by atoms with van der Waals surface area (Å²) in [6, 6.07) is 0. The molecule has 12 heavy (non-hydrogen) atoms. The molecule has 1 rings (SSSR count). The van der Waals surface area contributed by atoms with Crippen molar-refractivity contribution < 1.29 is 4.79 Å². The second kappa shape index (κ2) is 4.61. The van der Waals surface area contributed by atoms with Crippen molar-refractivity contribution in [3.05, 3.63) is 0 Å². The average molecular weight is 169 g/mol. The Labute approximate surface area is 74.9 Å². The van der Waals surface area contributed by atoms with Gasteiger partial charge in [-0.2, -0.15) is 0 Å². The van der Waals surface area contributed by atoms with E-state index in [1.165, 1.54) is 19.3 Å². The average Bonchev–Trinajstić information content (AvgIpc) is 1.97. The summed E-state index contributed by atoms with van der Waals surface area (Å²) < 4.78 is 0. The van der Waals surface area contributed by atoms with E-state index in [9.17, 15) is 4.79 Å². The van der Waals surface area contributed by atoms with Gasteiger partial charge in [0.25, 0.3) is 0 Å². The number of hydrogen-bond acceptors (Lipinski definition) is 2. The Morgan fingerprint density at radius 1 is 1.50 bits per heavy atom. The van der Waals surface area contributed by atoms with Gasteiger partial charge in [-0.1, -0.05) is 13.3 Å². The maximum atomic E-state index is 11.1. The van der Waals surface area contributed by atoms with Gasteiger partial charge < -0.3 is 0 Å². The van der Waals surface area contributed by atoms with E-state index in [0.717, 1.165) is 12.5 Å². The van der Waals surface area contributed by atoms with Crippen molar-refractivity contribution >= 4 is 5.78 Å². The van der Waals surface area contributed by atoms with Crippen molar-refractivity contribution in [1.82, 2.24) is 4.90 Å². The Hall–Kier alpha value is -0.370. The molecule has 0 aromatic carbocycles. The number of carbonyl (C=O) groups is 1. The van der Waals surface area contributed by atoms with Crippen LogP contribution >= 0.6 is 0 Å². The number of Topliss-reactive ketones (excluding diaryl/α,β-unsaturated/α-hetero) is 1. The van der Waals surface area contributed by atoms with Crippen molar-refractivity contribution in [1.29, 1.82) is 0 Å². The molecule has 2 heteroatoms. The Morgan fingerprint density at radius 2 is 2.17 bits per heavy atom. The predicted molar refractivity (Wildman–Crippen MR) is 50.1 cm³/mol. The summed E-state index contributed by atoms with van der Waals surface area (Å²) in [5.74, 6) is 1.23. The van der Waals surface area contributed by atoms with Gasteiger partial charge >= 0.3 is 0 Å². The molecule has 2 nitrogen and oxygen atoms in total. The minimum Gasteiger partial charge on any atom is -0.299 e. The zero-order chi connectivity index (χ0) is 8.97. The molecule has 1 aliphatic rings. The molecule has 0 spiro atoms. The maximum Gasteiger partial charge on any atom is 0.146 e. The SMILES string of the molecule is CCC(=O)CN(C)CC1CCC1. The van der Waals surface area contributed by atoms with Crippen molar-refractivity contribution in [2.75, 3.05) is 20.1 Å². The second-order valence-corrected chi connectivity index (χ2v) is 3.89. The first-order chi connectivity index (χ1) is 5.72. The quantitative estimate of drug-likeness (QED) is 0.624. The molecule has 0 N–H and O–H groups in total. The molecule has 70 valence electrons. The van der Waals surface area contributed by atoms with E-state index >= 15 is 0 Å². The fourth-order valence-electron chi connectivity index (χ4n) is 1.59. The number of carbonyl (C=O) groups excluding carboxylic acids is 1. The molecule has 1 fully saturated rings. The molecule has 0 aromatic rings. The topological polar surface area (TPSA) is 20.3 Å². The van der Waals surface area contributed by atoms with Crippen LogP contribution in [-0.2, 0) is 4.79 Å². The lowest BCUT2D eigenvalue weighted by molar-refractivity contribution is -0.119. The number of likely N-dealkylation sites (N-methyl/N-ethyl adjacent to an activating group) is 1. The fourth-order valence-corrected chi connectivity index (χ4v) is 1.59. The van der Waals surface area contributed by atoms with Gasteiger partial charge in [-0.05, 0) is 25.8 Å². The highest BCUT2D eigenvalue weighted by Gasteiger charge is 2.19. The molecule has 0 aromatic heterocycles. The molecule has 0 heterocycles. The lowest BCUT2D eigenvalue weighted by atomic mass is 9.85. The molecule has 0 saturated heterocycles.